The molecular weight excluding hydrogens is 418 g/mol. The number of nitrogens with zero attached hydrogens (tertiary/aromatic N) is 4. The Labute approximate surface area is 160 Å². The number of methoxy groups -OCH3 is 2. The third kappa shape index (κ3) is 5.80. The number of thioether (sulfide) groups is 1. The number of benzene rings is 1. The molecule has 1 heterocycles. The van der Waals surface area contributed by atoms with Crippen molar-refractivity contribution in [3.05, 3.63) is 22.2 Å². The monoisotopic (exact) mass is 437 g/mol. The molecular formula is C14H21BrClN5O2S. The third-order valence-electron chi connectivity index (χ3n) is 3.13. The van der Waals surface area contributed by atoms with Gasteiger partial charge in [-0.2, -0.15) is 0 Å². The average molecular weight is 439 g/mol. The van der Waals surface area contributed by atoms with Crippen LogP contribution in [0.1, 0.15) is 12.0 Å². The van der Waals surface area contributed by atoms with E-state index < -0.39 is 0 Å². The number of halogens is 2. The first-order valence-electron chi connectivity index (χ1n) is 7.12. The van der Waals surface area contributed by atoms with E-state index in [0.717, 1.165) is 46.2 Å². The lowest BCUT2D eigenvalue weighted by Gasteiger charge is -2.12. The summed E-state index contributed by atoms with van der Waals surface area (Å²) in [5.41, 5.74) is 1.14. The summed E-state index contributed by atoms with van der Waals surface area (Å²) in [6.45, 7) is 1.69. The molecule has 0 unspecified atom stereocenters. The van der Waals surface area contributed by atoms with Crippen molar-refractivity contribution in [1.29, 1.82) is 0 Å². The van der Waals surface area contributed by atoms with E-state index in [1.807, 2.05) is 19.2 Å². The fourth-order valence-electron chi connectivity index (χ4n) is 2.01. The number of nitrogens with one attached hydrogen (secondary N) is 1. The smallest absolute Gasteiger partial charge is 0.209 e. The van der Waals surface area contributed by atoms with E-state index in [1.54, 1.807) is 30.7 Å². The lowest BCUT2D eigenvalue weighted by Crippen LogP contribution is -2.15. The molecule has 0 aliphatic carbocycles. The summed E-state index contributed by atoms with van der Waals surface area (Å²) in [6.07, 6.45) is 1.03. The van der Waals surface area contributed by atoms with Gasteiger partial charge in [0.1, 0.15) is 0 Å². The zero-order valence-corrected chi connectivity index (χ0v) is 17.0. The lowest BCUT2D eigenvalue weighted by atomic mass is 10.2. The highest BCUT2D eigenvalue weighted by molar-refractivity contribution is 9.10. The molecule has 7 nitrogen and oxygen atoms in total. The highest BCUT2D eigenvalue weighted by Gasteiger charge is 2.10. The summed E-state index contributed by atoms with van der Waals surface area (Å²) < 4.78 is 13.2. The molecule has 1 N–H and O–H groups in total. The summed E-state index contributed by atoms with van der Waals surface area (Å²) in [6, 6.07) is 4.02. The Balaban J connectivity index is 0.00000288. The molecule has 0 spiro atoms. The lowest BCUT2D eigenvalue weighted by molar-refractivity contribution is 0.352. The Morgan fingerprint density at radius 1 is 1.29 bits per heavy atom. The molecule has 10 heteroatoms. The first kappa shape index (κ1) is 21.0. The van der Waals surface area contributed by atoms with Gasteiger partial charge in [0.05, 0.1) is 18.7 Å². The number of aromatic nitrogens is 4. The predicted octanol–water partition coefficient (Wildman–Crippen LogP) is 2.68. The molecule has 1 aromatic carbocycles. The van der Waals surface area contributed by atoms with Crippen LogP contribution in [-0.4, -0.2) is 46.7 Å². The van der Waals surface area contributed by atoms with Gasteiger partial charge in [0.15, 0.2) is 11.5 Å². The minimum absolute atomic E-state index is 0. The van der Waals surface area contributed by atoms with Crippen LogP contribution in [0.3, 0.4) is 0 Å². The molecule has 0 aliphatic heterocycles. The molecule has 24 heavy (non-hydrogen) atoms. The van der Waals surface area contributed by atoms with Crippen molar-refractivity contribution in [1.82, 2.24) is 25.5 Å². The number of hydrogen-bond donors (Lipinski definition) is 1. The molecule has 0 fully saturated rings. The van der Waals surface area contributed by atoms with E-state index in [4.69, 9.17) is 9.47 Å². The Morgan fingerprint density at radius 3 is 2.71 bits per heavy atom. The first-order chi connectivity index (χ1) is 11.2. The van der Waals surface area contributed by atoms with Gasteiger partial charge in [0.2, 0.25) is 5.16 Å². The Bertz CT molecular complexity index is 644. The minimum atomic E-state index is 0. The second-order valence-corrected chi connectivity index (χ2v) is 6.69. The number of ether oxygens (including phenoxy) is 2. The molecule has 0 amide bonds. The Morgan fingerprint density at radius 2 is 2.08 bits per heavy atom. The summed E-state index contributed by atoms with van der Waals surface area (Å²) >= 11 is 5.16. The van der Waals surface area contributed by atoms with Crippen molar-refractivity contribution in [2.24, 2.45) is 7.05 Å². The van der Waals surface area contributed by atoms with E-state index in [0.29, 0.717) is 5.75 Å². The second kappa shape index (κ2) is 10.8. The van der Waals surface area contributed by atoms with Gasteiger partial charge in [-0.1, -0.05) is 11.8 Å². The maximum Gasteiger partial charge on any atom is 0.209 e. The summed E-state index contributed by atoms with van der Waals surface area (Å²) in [5, 5.41) is 15.6. The van der Waals surface area contributed by atoms with Crippen LogP contribution in [-0.2, 0) is 13.6 Å². The molecule has 0 saturated carbocycles. The number of rotatable bonds is 9. The number of tetrazole rings is 1. The summed E-state index contributed by atoms with van der Waals surface area (Å²) in [5.74, 6) is 2.41. The van der Waals surface area contributed by atoms with E-state index in [2.05, 4.69) is 36.8 Å². The van der Waals surface area contributed by atoms with Crippen LogP contribution in [0.5, 0.6) is 11.5 Å². The zero-order valence-electron chi connectivity index (χ0n) is 13.8. The van der Waals surface area contributed by atoms with Crippen LogP contribution >= 0.6 is 40.1 Å². The fourth-order valence-corrected chi connectivity index (χ4v) is 3.45. The van der Waals surface area contributed by atoms with Gasteiger partial charge in [-0.3, -0.25) is 0 Å². The highest BCUT2D eigenvalue weighted by Crippen LogP contribution is 2.36. The molecule has 2 rings (SSSR count). The van der Waals surface area contributed by atoms with Crippen molar-refractivity contribution in [3.8, 4) is 11.5 Å². The van der Waals surface area contributed by atoms with E-state index in [1.165, 1.54) is 0 Å². The third-order valence-corrected chi connectivity index (χ3v) is 4.82. The van der Waals surface area contributed by atoms with Crippen LogP contribution in [0.4, 0.5) is 0 Å². The molecule has 0 radical (unpaired) electrons. The van der Waals surface area contributed by atoms with Crippen molar-refractivity contribution >= 4 is 40.1 Å². The van der Waals surface area contributed by atoms with Crippen LogP contribution in [0.25, 0.3) is 0 Å². The van der Waals surface area contributed by atoms with Gasteiger partial charge in [0, 0.05) is 19.3 Å². The molecule has 0 aliphatic rings. The highest BCUT2D eigenvalue weighted by atomic mass is 79.9. The number of hydrogen-bond acceptors (Lipinski definition) is 7. The second-order valence-electron chi connectivity index (χ2n) is 4.78. The van der Waals surface area contributed by atoms with E-state index in [9.17, 15) is 0 Å². The first-order valence-corrected chi connectivity index (χ1v) is 8.89. The Hall–Kier alpha value is -1.03. The van der Waals surface area contributed by atoms with E-state index in [-0.39, 0.29) is 12.4 Å². The summed E-state index contributed by atoms with van der Waals surface area (Å²) in [7, 11) is 5.11. The largest absolute Gasteiger partial charge is 0.493 e. The molecule has 0 bridgehead atoms. The van der Waals surface area contributed by atoms with Crippen LogP contribution < -0.4 is 14.8 Å². The van der Waals surface area contributed by atoms with Crippen LogP contribution in [0, 0.1) is 0 Å². The minimum Gasteiger partial charge on any atom is -0.493 e. The van der Waals surface area contributed by atoms with Gasteiger partial charge in [0.25, 0.3) is 0 Å². The van der Waals surface area contributed by atoms with Gasteiger partial charge < -0.3 is 14.8 Å². The summed E-state index contributed by atoms with van der Waals surface area (Å²) in [4.78, 5) is 0. The van der Waals surface area contributed by atoms with Crippen molar-refractivity contribution in [3.63, 3.8) is 0 Å². The topological polar surface area (TPSA) is 74.1 Å². The molecule has 2 aromatic rings. The van der Waals surface area contributed by atoms with Gasteiger partial charge in [-0.15, -0.1) is 17.5 Å². The molecule has 1 aromatic heterocycles. The predicted molar refractivity (Wildman–Crippen MR) is 100 cm³/mol. The maximum atomic E-state index is 5.35. The maximum absolute atomic E-state index is 5.35. The zero-order chi connectivity index (χ0) is 16.7. The molecule has 0 atom stereocenters. The van der Waals surface area contributed by atoms with Gasteiger partial charge >= 0.3 is 0 Å². The van der Waals surface area contributed by atoms with Crippen molar-refractivity contribution in [2.75, 3.05) is 26.5 Å². The fraction of sp³-hybridized carbons (Fsp3) is 0.500. The standard InChI is InChI=1S/C14H20BrN5O2S.ClH/c1-20-14(17-18-19-20)23-6-4-5-16-9-10-7-11(15)13(22-3)12(8-10)21-2;/h7-8,16H,4-6,9H2,1-3H3;1H. The SMILES string of the molecule is COc1cc(CNCCCSc2nnnn2C)cc(Br)c1OC.Cl. The van der Waals surface area contributed by atoms with Gasteiger partial charge in [-0.05, 0) is 57.0 Å². The van der Waals surface area contributed by atoms with Gasteiger partial charge in [-0.25, -0.2) is 4.68 Å². The van der Waals surface area contributed by atoms with Crippen molar-refractivity contribution < 1.29 is 9.47 Å². The average Bonchev–Trinajstić information content (AvgIpc) is 2.95. The van der Waals surface area contributed by atoms with Crippen LogP contribution in [0.2, 0.25) is 0 Å². The normalized spacial score (nSPS) is 10.3. The van der Waals surface area contributed by atoms with E-state index >= 15 is 0 Å². The van der Waals surface area contributed by atoms with Crippen molar-refractivity contribution in [2.45, 2.75) is 18.1 Å². The molecule has 134 valence electrons. The Kier molecular flexibility index (Phi) is 9.42. The quantitative estimate of drug-likeness (QED) is 0.476. The van der Waals surface area contributed by atoms with Crippen LogP contribution in [0.15, 0.2) is 21.8 Å². The molecule has 0 saturated heterocycles. The number of aryl methyl sites for hydroxylation is 1.